The van der Waals surface area contributed by atoms with Gasteiger partial charge in [0.25, 0.3) is 0 Å². The highest BCUT2D eigenvalue weighted by molar-refractivity contribution is 7.09. The number of nitrogens with zero attached hydrogens (tertiary/aromatic N) is 1. The minimum Gasteiger partial charge on any atom is -0.372 e. The molecule has 1 heterocycles. The fourth-order valence-electron chi connectivity index (χ4n) is 1.18. The fourth-order valence-corrected chi connectivity index (χ4v) is 2.11. The van der Waals surface area contributed by atoms with E-state index in [1.165, 1.54) is 0 Å². The number of rotatable bonds is 5. The van der Waals surface area contributed by atoms with Gasteiger partial charge in [0, 0.05) is 25.0 Å². The van der Waals surface area contributed by atoms with Crippen LogP contribution in [0.5, 0.6) is 0 Å². The van der Waals surface area contributed by atoms with Crippen LogP contribution in [0.3, 0.4) is 0 Å². The van der Waals surface area contributed by atoms with Gasteiger partial charge in [-0.2, -0.15) is 0 Å². The first kappa shape index (κ1) is 12.6. The van der Waals surface area contributed by atoms with Gasteiger partial charge in [-0.25, -0.2) is 4.98 Å². The van der Waals surface area contributed by atoms with Gasteiger partial charge in [-0.3, -0.25) is 0 Å². The maximum absolute atomic E-state index is 5.89. The zero-order valence-electron chi connectivity index (χ0n) is 9.91. The second kappa shape index (κ2) is 5.05. The molecule has 1 rings (SSSR count). The van der Waals surface area contributed by atoms with Crippen molar-refractivity contribution in [3.05, 3.63) is 16.1 Å². The maximum atomic E-state index is 5.89. The molecular formula is C11H20N2OS. The summed E-state index contributed by atoms with van der Waals surface area (Å²) in [5.41, 5.74) is 6.67. The van der Waals surface area contributed by atoms with Gasteiger partial charge in [0.1, 0.15) is 10.6 Å². The molecule has 0 saturated heterocycles. The number of methoxy groups -OCH3 is 1. The molecule has 0 fully saturated rings. The van der Waals surface area contributed by atoms with Crippen LogP contribution in [0.2, 0.25) is 0 Å². The summed E-state index contributed by atoms with van der Waals surface area (Å²) in [6, 6.07) is 0.214. The summed E-state index contributed by atoms with van der Waals surface area (Å²) >= 11 is 1.64. The van der Waals surface area contributed by atoms with Crippen LogP contribution >= 0.6 is 11.3 Å². The summed E-state index contributed by atoms with van der Waals surface area (Å²) in [4.78, 5) is 4.55. The lowest BCUT2D eigenvalue weighted by molar-refractivity contribution is 0.0189. The van der Waals surface area contributed by atoms with Gasteiger partial charge < -0.3 is 10.5 Å². The molecule has 0 aliphatic heterocycles. The molecule has 3 nitrogen and oxygen atoms in total. The molecule has 0 amide bonds. The van der Waals surface area contributed by atoms with E-state index in [2.05, 4.69) is 17.3 Å². The highest BCUT2D eigenvalue weighted by Gasteiger charge is 2.23. The highest BCUT2D eigenvalue weighted by atomic mass is 32.1. The quantitative estimate of drug-likeness (QED) is 0.841. The molecule has 0 aliphatic carbocycles. The summed E-state index contributed by atoms with van der Waals surface area (Å²) in [5, 5.41) is 3.09. The van der Waals surface area contributed by atoms with Crippen molar-refractivity contribution in [1.29, 1.82) is 0 Å². The van der Waals surface area contributed by atoms with Crippen LogP contribution in [0.25, 0.3) is 0 Å². The van der Waals surface area contributed by atoms with E-state index in [9.17, 15) is 0 Å². The topological polar surface area (TPSA) is 48.1 Å². The Morgan fingerprint density at radius 1 is 1.60 bits per heavy atom. The molecule has 1 aromatic rings. The van der Waals surface area contributed by atoms with E-state index in [4.69, 9.17) is 10.5 Å². The molecule has 0 bridgehead atoms. The van der Waals surface area contributed by atoms with Crippen LogP contribution in [-0.4, -0.2) is 18.1 Å². The molecule has 0 radical (unpaired) electrons. The van der Waals surface area contributed by atoms with E-state index in [1.807, 2.05) is 13.8 Å². The normalized spacial score (nSPS) is 14.2. The summed E-state index contributed by atoms with van der Waals surface area (Å²) < 4.78 is 5.39. The van der Waals surface area contributed by atoms with Gasteiger partial charge in [-0.1, -0.05) is 6.92 Å². The largest absolute Gasteiger partial charge is 0.372 e. The zero-order chi connectivity index (χ0) is 11.5. The van der Waals surface area contributed by atoms with E-state index in [0.717, 1.165) is 23.5 Å². The Morgan fingerprint density at radius 3 is 2.80 bits per heavy atom. The average Bonchev–Trinajstić information content (AvgIpc) is 2.66. The second-order valence-corrected chi connectivity index (χ2v) is 5.09. The summed E-state index contributed by atoms with van der Waals surface area (Å²) in [6.45, 7) is 6.14. The minimum atomic E-state index is -0.292. The molecule has 15 heavy (non-hydrogen) atoms. The molecule has 0 spiro atoms. The Hall–Kier alpha value is -0.450. The van der Waals surface area contributed by atoms with E-state index in [0.29, 0.717) is 0 Å². The Morgan fingerprint density at radius 2 is 2.27 bits per heavy atom. The van der Waals surface area contributed by atoms with Gasteiger partial charge in [0.2, 0.25) is 0 Å². The lowest BCUT2D eigenvalue weighted by atomic mass is 10.1. The Balaban J connectivity index is 2.72. The van der Waals surface area contributed by atoms with Gasteiger partial charge in [-0.05, 0) is 20.3 Å². The van der Waals surface area contributed by atoms with Crippen molar-refractivity contribution in [2.24, 2.45) is 5.73 Å². The molecule has 86 valence electrons. The monoisotopic (exact) mass is 228 g/mol. The minimum absolute atomic E-state index is 0.214. The summed E-state index contributed by atoms with van der Waals surface area (Å²) in [7, 11) is 1.71. The van der Waals surface area contributed by atoms with Crippen molar-refractivity contribution in [3.8, 4) is 0 Å². The third-order valence-electron chi connectivity index (χ3n) is 2.57. The Labute approximate surface area is 95.7 Å². The van der Waals surface area contributed by atoms with Gasteiger partial charge in [-0.15, -0.1) is 11.3 Å². The van der Waals surface area contributed by atoms with E-state index in [1.54, 1.807) is 18.4 Å². The standard InChI is InChI=1S/C11H20N2OS/c1-5-8(12)6-9-7-15-10(13-9)11(2,3)14-4/h7-8H,5-6,12H2,1-4H3. The van der Waals surface area contributed by atoms with Crippen molar-refractivity contribution in [1.82, 2.24) is 4.98 Å². The first-order valence-electron chi connectivity index (χ1n) is 5.25. The Kier molecular flexibility index (Phi) is 4.25. The number of hydrogen-bond donors (Lipinski definition) is 1. The van der Waals surface area contributed by atoms with Crippen LogP contribution < -0.4 is 5.73 Å². The van der Waals surface area contributed by atoms with Crippen LogP contribution in [-0.2, 0) is 16.8 Å². The van der Waals surface area contributed by atoms with Gasteiger partial charge in [0.15, 0.2) is 0 Å². The molecule has 4 heteroatoms. The third-order valence-corrected chi connectivity index (χ3v) is 3.77. The van der Waals surface area contributed by atoms with E-state index >= 15 is 0 Å². The van der Waals surface area contributed by atoms with Crippen molar-refractivity contribution in [3.63, 3.8) is 0 Å². The molecule has 1 atom stereocenters. The smallest absolute Gasteiger partial charge is 0.124 e. The first-order chi connectivity index (χ1) is 6.99. The lowest BCUT2D eigenvalue weighted by Gasteiger charge is -2.19. The molecule has 0 aliphatic rings. The molecular weight excluding hydrogens is 208 g/mol. The fraction of sp³-hybridized carbons (Fsp3) is 0.727. The van der Waals surface area contributed by atoms with E-state index in [-0.39, 0.29) is 11.6 Å². The van der Waals surface area contributed by atoms with E-state index < -0.39 is 0 Å². The van der Waals surface area contributed by atoms with Gasteiger partial charge >= 0.3 is 0 Å². The third kappa shape index (κ3) is 3.26. The predicted octanol–water partition coefficient (Wildman–Crippen LogP) is 2.30. The number of hydrogen-bond acceptors (Lipinski definition) is 4. The molecule has 1 unspecified atom stereocenters. The average molecular weight is 228 g/mol. The number of thiazole rings is 1. The molecule has 0 saturated carbocycles. The molecule has 2 N–H and O–H groups in total. The number of ether oxygens (including phenoxy) is 1. The van der Waals surface area contributed by atoms with Crippen molar-refractivity contribution >= 4 is 11.3 Å². The SMILES string of the molecule is CCC(N)Cc1csc(C(C)(C)OC)n1. The second-order valence-electron chi connectivity index (χ2n) is 4.23. The van der Waals surface area contributed by atoms with Crippen LogP contribution in [0.15, 0.2) is 5.38 Å². The van der Waals surface area contributed by atoms with Crippen molar-refractivity contribution < 1.29 is 4.74 Å². The molecule has 0 aromatic carbocycles. The van der Waals surface area contributed by atoms with Crippen LogP contribution in [0.4, 0.5) is 0 Å². The Bertz CT molecular complexity index is 309. The molecule has 1 aromatic heterocycles. The van der Waals surface area contributed by atoms with Crippen LogP contribution in [0.1, 0.15) is 37.9 Å². The zero-order valence-corrected chi connectivity index (χ0v) is 10.7. The maximum Gasteiger partial charge on any atom is 0.124 e. The van der Waals surface area contributed by atoms with Gasteiger partial charge in [0.05, 0.1) is 5.69 Å². The number of nitrogens with two attached hydrogens (primary N) is 1. The van der Waals surface area contributed by atoms with Crippen LogP contribution in [0, 0.1) is 0 Å². The predicted molar refractivity (Wildman–Crippen MR) is 64.1 cm³/mol. The highest BCUT2D eigenvalue weighted by Crippen LogP contribution is 2.27. The first-order valence-corrected chi connectivity index (χ1v) is 6.13. The lowest BCUT2D eigenvalue weighted by Crippen LogP contribution is -2.22. The summed E-state index contributed by atoms with van der Waals surface area (Å²) in [5.74, 6) is 0. The van der Waals surface area contributed by atoms with Crippen molar-refractivity contribution in [2.45, 2.75) is 45.3 Å². The summed E-state index contributed by atoms with van der Waals surface area (Å²) in [6.07, 6.45) is 1.84. The van der Waals surface area contributed by atoms with Crippen molar-refractivity contribution in [2.75, 3.05) is 7.11 Å². The number of aromatic nitrogens is 1.